The first-order valence-electron chi connectivity index (χ1n) is 21.0. The molecule has 1 aromatic heterocycles. The normalized spacial score (nSPS) is 27.3. The molecule has 16 nitrogen and oxygen atoms in total. The van der Waals surface area contributed by atoms with E-state index in [1.54, 1.807) is 11.8 Å². The van der Waals surface area contributed by atoms with Gasteiger partial charge < -0.3 is 47.5 Å². The van der Waals surface area contributed by atoms with E-state index in [0.29, 0.717) is 12.8 Å². The summed E-state index contributed by atoms with van der Waals surface area (Å²) in [7, 11) is 0. The lowest BCUT2D eigenvalue weighted by Crippen LogP contribution is -2.62. The number of fused-ring (bicyclic) bond motifs is 6. The Hall–Kier alpha value is -5.93. The molecule has 59 heavy (non-hydrogen) atoms. The van der Waals surface area contributed by atoms with Gasteiger partial charge in [0.25, 0.3) is 0 Å². The summed E-state index contributed by atoms with van der Waals surface area (Å²) in [6, 6.07) is 12.2. The Bertz CT molecular complexity index is 2060. The van der Waals surface area contributed by atoms with Crippen molar-refractivity contribution in [2.45, 2.75) is 120 Å². The lowest BCUT2D eigenvalue weighted by atomic mass is 9.84. The molecule has 7 rings (SSSR count). The molecule has 16 heteroatoms. The van der Waals surface area contributed by atoms with Crippen LogP contribution in [0.4, 0.5) is 0 Å². The van der Waals surface area contributed by atoms with Gasteiger partial charge in [0.2, 0.25) is 35.4 Å². The maximum Gasteiger partial charge on any atom is 0.246 e. The third kappa shape index (κ3) is 9.52. The Morgan fingerprint density at radius 2 is 1.58 bits per heavy atom. The highest BCUT2D eigenvalue weighted by molar-refractivity contribution is 5.97. The van der Waals surface area contributed by atoms with Crippen molar-refractivity contribution in [3.8, 4) is 0 Å². The highest BCUT2D eigenvalue weighted by atomic mass is 16.2. The number of guanidine groups is 1. The van der Waals surface area contributed by atoms with Gasteiger partial charge in [-0.25, -0.2) is 0 Å². The molecule has 1 saturated carbocycles. The maximum atomic E-state index is 15.1. The van der Waals surface area contributed by atoms with Crippen LogP contribution in [0.3, 0.4) is 0 Å². The average Bonchev–Trinajstić information content (AvgIpc) is 3.83. The van der Waals surface area contributed by atoms with Gasteiger partial charge in [0, 0.05) is 56.1 Å². The first kappa shape index (κ1) is 41.2. The number of carbonyl (C=O) groups excluding carboxylic acids is 6. The van der Waals surface area contributed by atoms with Crippen LogP contribution in [0.5, 0.6) is 0 Å². The highest BCUT2D eigenvalue weighted by Crippen LogP contribution is 2.41. The number of nitrogens with two attached hydrogens (primary N) is 2. The molecule has 1 aliphatic carbocycles. The maximum absolute atomic E-state index is 15.1. The lowest BCUT2D eigenvalue weighted by molar-refractivity contribution is -0.152. The van der Waals surface area contributed by atoms with Crippen molar-refractivity contribution in [3.05, 3.63) is 71.4 Å². The fourth-order valence-corrected chi connectivity index (χ4v) is 9.35. The van der Waals surface area contributed by atoms with E-state index in [2.05, 4.69) is 31.2 Å². The number of benzene rings is 2. The number of H-pyrrole nitrogens is 1. The van der Waals surface area contributed by atoms with Crippen LogP contribution in [0.25, 0.3) is 10.9 Å². The summed E-state index contributed by atoms with van der Waals surface area (Å²) >= 11 is 0. The number of rotatable bonds is 6. The van der Waals surface area contributed by atoms with Gasteiger partial charge in [-0.05, 0) is 80.0 Å². The average molecular weight is 809 g/mol. The second-order valence-corrected chi connectivity index (χ2v) is 16.4. The van der Waals surface area contributed by atoms with Crippen LogP contribution in [0, 0.1) is 5.92 Å². The van der Waals surface area contributed by atoms with Gasteiger partial charge in [-0.15, -0.1) is 0 Å². The summed E-state index contributed by atoms with van der Waals surface area (Å²) in [5.74, 6) is -2.59. The third-order valence-electron chi connectivity index (χ3n) is 12.3. The van der Waals surface area contributed by atoms with E-state index in [4.69, 9.17) is 11.5 Å². The van der Waals surface area contributed by atoms with E-state index in [-0.39, 0.29) is 75.6 Å². The first-order valence-corrected chi connectivity index (χ1v) is 21.0. The summed E-state index contributed by atoms with van der Waals surface area (Å²) in [5.41, 5.74) is 14.5. The van der Waals surface area contributed by atoms with Gasteiger partial charge in [-0.1, -0.05) is 55.3 Å². The molecule has 9 N–H and O–H groups in total. The topological polar surface area (TPSA) is 237 Å². The molecule has 4 heterocycles. The minimum Gasteiger partial charge on any atom is -0.370 e. The summed E-state index contributed by atoms with van der Waals surface area (Å²) in [6.45, 7) is 2.11. The quantitative estimate of drug-likeness (QED) is 0.109. The minimum absolute atomic E-state index is 0.00352. The zero-order valence-electron chi connectivity index (χ0n) is 33.6. The Balaban J connectivity index is 1.22. The standard InChI is InChI=1S/C43H56N10O6/c1-25-41(58)52-24-29-13-3-2-10-26(29)21-36(52)42(59)53-34-16-7-5-12-28(34)22-35(53)40(57)51-32(15-8-19-47-43(44)45)38(55)46-18-9-17-37(54)50-33(39(56)48-25)23-30-20-27-11-4-6-14-31(27)49-30/h2-4,6,10-11,13-14,20,25,28,32-36,49H,5,7-9,12,15-19,21-24H2,1H3,(H,46,55)(H,48,56)(H,50,54)(H,51,57)(H4,44,45,47)/t25-,28?,32-,33-,34?,35-,36+/m0/s1. The predicted octanol–water partition coefficient (Wildman–Crippen LogP) is 1.26. The number of hydrogen-bond acceptors (Lipinski definition) is 7. The van der Waals surface area contributed by atoms with Gasteiger partial charge in [-0.3, -0.25) is 33.8 Å². The number of aromatic amines is 1. The number of nitrogens with zero attached hydrogens (tertiary/aromatic N) is 3. The molecule has 7 atom stereocenters. The van der Waals surface area contributed by atoms with Gasteiger partial charge in [-0.2, -0.15) is 0 Å². The molecule has 3 aromatic rings. The SMILES string of the molecule is C[C@@H]1NC(=O)[C@H](Cc2cc3ccccc3[nH]2)NC(=O)CCCNC(=O)[C@H](CCCN=C(N)N)NC(=O)[C@@H]2CC3CCCCC3N2C(=O)[C@H]2Cc3ccccc3CN2C1=O. The van der Waals surface area contributed by atoms with E-state index < -0.39 is 59.7 Å². The molecule has 0 spiro atoms. The monoisotopic (exact) mass is 808 g/mol. The Kier molecular flexibility index (Phi) is 12.8. The number of aromatic nitrogens is 1. The zero-order valence-corrected chi connectivity index (χ0v) is 33.6. The van der Waals surface area contributed by atoms with E-state index in [0.717, 1.165) is 53.4 Å². The molecule has 0 radical (unpaired) electrons. The molecular formula is C43H56N10O6. The molecule has 6 amide bonds. The van der Waals surface area contributed by atoms with Crippen LogP contribution >= 0.6 is 0 Å². The van der Waals surface area contributed by atoms with Crippen molar-refractivity contribution in [1.29, 1.82) is 0 Å². The molecule has 3 aliphatic heterocycles. The van der Waals surface area contributed by atoms with Crippen LogP contribution < -0.4 is 32.7 Å². The van der Waals surface area contributed by atoms with Gasteiger partial charge in [0.15, 0.2) is 5.96 Å². The zero-order chi connectivity index (χ0) is 41.6. The van der Waals surface area contributed by atoms with Crippen LogP contribution in [0.2, 0.25) is 0 Å². The predicted molar refractivity (Wildman–Crippen MR) is 221 cm³/mol. The second-order valence-electron chi connectivity index (χ2n) is 16.4. The van der Waals surface area contributed by atoms with Crippen molar-refractivity contribution < 1.29 is 28.8 Å². The number of aliphatic imine (C=N–C) groups is 1. The summed E-state index contributed by atoms with van der Waals surface area (Å²) < 4.78 is 0. The fraction of sp³-hybridized carbons (Fsp3) is 0.512. The Morgan fingerprint density at radius 1 is 0.814 bits per heavy atom. The van der Waals surface area contributed by atoms with E-state index in [9.17, 15) is 24.0 Å². The Morgan fingerprint density at radius 3 is 2.37 bits per heavy atom. The second kappa shape index (κ2) is 18.3. The molecule has 3 fully saturated rings. The van der Waals surface area contributed by atoms with Gasteiger partial charge in [0.1, 0.15) is 30.2 Å². The van der Waals surface area contributed by atoms with Gasteiger partial charge in [0.05, 0.1) is 0 Å². The van der Waals surface area contributed by atoms with E-state index in [1.807, 2.05) is 54.6 Å². The lowest BCUT2D eigenvalue weighted by Gasteiger charge is -2.42. The number of para-hydroxylation sites is 1. The van der Waals surface area contributed by atoms with Crippen LogP contribution in [-0.4, -0.2) is 106 Å². The summed E-state index contributed by atoms with van der Waals surface area (Å²) in [6.07, 6.45) is 5.19. The highest BCUT2D eigenvalue weighted by Gasteiger charge is 2.51. The van der Waals surface area contributed by atoms with Crippen molar-refractivity contribution in [2.75, 3.05) is 13.1 Å². The van der Waals surface area contributed by atoms with Crippen molar-refractivity contribution in [1.82, 2.24) is 36.1 Å². The van der Waals surface area contributed by atoms with Crippen LogP contribution in [-0.2, 0) is 48.2 Å². The number of amides is 6. The van der Waals surface area contributed by atoms with Crippen molar-refractivity contribution in [2.24, 2.45) is 22.4 Å². The smallest absolute Gasteiger partial charge is 0.246 e. The summed E-state index contributed by atoms with van der Waals surface area (Å²) in [5, 5.41) is 12.5. The molecule has 2 aromatic carbocycles. The summed E-state index contributed by atoms with van der Waals surface area (Å²) in [4.78, 5) is 95.9. The largest absolute Gasteiger partial charge is 0.370 e. The number of carbonyl (C=O) groups is 6. The molecule has 2 saturated heterocycles. The molecule has 2 unspecified atom stereocenters. The number of hydrogen-bond donors (Lipinski definition) is 7. The van der Waals surface area contributed by atoms with Crippen LogP contribution in [0.15, 0.2) is 59.6 Å². The Labute approximate surface area is 343 Å². The molecule has 0 bridgehead atoms. The van der Waals surface area contributed by atoms with Crippen molar-refractivity contribution in [3.63, 3.8) is 0 Å². The van der Waals surface area contributed by atoms with E-state index in [1.165, 1.54) is 4.90 Å². The minimum atomic E-state index is -1.05. The van der Waals surface area contributed by atoms with E-state index >= 15 is 4.79 Å². The van der Waals surface area contributed by atoms with Crippen molar-refractivity contribution >= 4 is 52.3 Å². The number of nitrogens with one attached hydrogen (secondary N) is 5. The molecular weight excluding hydrogens is 753 g/mol. The third-order valence-corrected chi connectivity index (χ3v) is 12.3. The van der Waals surface area contributed by atoms with Crippen LogP contribution in [0.1, 0.15) is 81.5 Å². The fourth-order valence-electron chi connectivity index (χ4n) is 9.35. The molecule has 314 valence electrons. The van der Waals surface area contributed by atoms with Gasteiger partial charge >= 0.3 is 0 Å². The molecule has 4 aliphatic rings. The first-order chi connectivity index (χ1) is 28.5.